The summed E-state index contributed by atoms with van der Waals surface area (Å²) in [6.45, 7) is 5.57. The monoisotopic (exact) mass is 371 g/mol. The molecule has 1 amide bonds. The second kappa shape index (κ2) is 7.58. The molecular weight excluding hydrogens is 346 g/mol. The van der Waals surface area contributed by atoms with Crippen LogP contribution in [0.4, 0.5) is 0 Å². The predicted octanol–water partition coefficient (Wildman–Crippen LogP) is 3.72. The summed E-state index contributed by atoms with van der Waals surface area (Å²) in [5, 5.41) is 4.10. The third kappa shape index (κ3) is 3.63. The molecular formula is C20H25N3O4. The topological polar surface area (TPSA) is 77.7 Å². The first kappa shape index (κ1) is 17.8. The standard InChI is InChI=1S/C20H25N3O4/c1-3-25-16-10-9-14(12-17(16)26-4-2)20(24)23-11-5-6-15(23)19-21-18(22-27-19)13-7-8-13/h9-10,12-13,15H,3-8,11H2,1-2H3. The van der Waals surface area contributed by atoms with Gasteiger partial charge in [0.05, 0.1) is 13.2 Å². The van der Waals surface area contributed by atoms with Crippen molar-refractivity contribution in [1.82, 2.24) is 15.0 Å². The Labute approximate surface area is 158 Å². The van der Waals surface area contributed by atoms with Crippen LogP contribution in [0.15, 0.2) is 22.7 Å². The van der Waals surface area contributed by atoms with Gasteiger partial charge in [-0.2, -0.15) is 4.98 Å². The van der Waals surface area contributed by atoms with Crippen molar-refractivity contribution in [3.63, 3.8) is 0 Å². The maximum Gasteiger partial charge on any atom is 0.254 e. The fourth-order valence-electron chi connectivity index (χ4n) is 3.51. The molecule has 1 aliphatic carbocycles. The molecule has 1 aliphatic heterocycles. The average Bonchev–Trinajstić information content (AvgIpc) is 3.21. The fraction of sp³-hybridized carbons (Fsp3) is 0.550. The van der Waals surface area contributed by atoms with E-state index in [1.807, 2.05) is 18.7 Å². The van der Waals surface area contributed by atoms with E-state index in [1.165, 1.54) is 0 Å². The Hall–Kier alpha value is -2.57. The summed E-state index contributed by atoms with van der Waals surface area (Å²) in [6.07, 6.45) is 4.01. The summed E-state index contributed by atoms with van der Waals surface area (Å²) in [4.78, 5) is 19.5. The number of hydrogen-bond donors (Lipinski definition) is 0. The molecule has 0 N–H and O–H groups in total. The molecule has 2 aromatic rings. The van der Waals surface area contributed by atoms with Gasteiger partial charge in [0.1, 0.15) is 6.04 Å². The number of amides is 1. The van der Waals surface area contributed by atoms with E-state index < -0.39 is 0 Å². The number of nitrogens with zero attached hydrogens (tertiary/aromatic N) is 3. The first-order valence-electron chi connectivity index (χ1n) is 9.75. The molecule has 27 heavy (non-hydrogen) atoms. The first-order valence-corrected chi connectivity index (χ1v) is 9.75. The number of aromatic nitrogens is 2. The van der Waals surface area contributed by atoms with Gasteiger partial charge in [0.2, 0.25) is 5.89 Å². The number of hydrogen-bond acceptors (Lipinski definition) is 6. The lowest BCUT2D eigenvalue weighted by Gasteiger charge is -2.22. The van der Waals surface area contributed by atoms with Gasteiger partial charge in [-0.15, -0.1) is 0 Å². The van der Waals surface area contributed by atoms with Gasteiger partial charge in [-0.3, -0.25) is 4.79 Å². The van der Waals surface area contributed by atoms with Crippen molar-refractivity contribution in [2.24, 2.45) is 0 Å². The van der Waals surface area contributed by atoms with Gasteiger partial charge in [-0.1, -0.05) is 5.16 Å². The van der Waals surface area contributed by atoms with Crippen LogP contribution in [0.3, 0.4) is 0 Å². The molecule has 2 fully saturated rings. The predicted molar refractivity (Wildman–Crippen MR) is 98.1 cm³/mol. The average molecular weight is 371 g/mol. The van der Waals surface area contributed by atoms with Crippen LogP contribution in [-0.2, 0) is 0 Å². The van der Waals surface area contributed by atoms with Crippen LogP contribution in [0, 0.1) is 0 Å². The Balaban J connectivity index is 1.56. The molecule has 0 radical (unpaired) electrons. The van der Waals surface area contributed by atoms with E-state index >= 15 is 0 Å². The summed E-state index contributed by atoms with van der Waals surface area (Å²) in [6, 6.07) is 5.19. The van der Waals surface area contributed by atoms with Crippen LogP contribution in [0.25, 0.3) is 0 Å². The van der Waals surface area contributed by atoms with E-state index in [4.69, 9.17) is 14.0 Å². The number of carbonyl (C=O) groups excluding carboxylic acids is 1. The second-order valence-corrected chi connectivity index (χ2v) is 6.95. The van der Waals surface area contributed by atoms with Crippen molar-refractivity contribution in [2.75, 3.05) is 19.8 Å². The smallest absolute Gasteiger partial charge is 0.254 e. The third-order valence-corrected chi connectivity index (χ3v) is 4.99. The Morgan fingerprint density at radius 2 is 1.96 bits per heavy atom. The SMILES string of the molecule is CCOc1ccc(C(=O)N2CCCC2c2nc(C3CC3)no2)cc1OCC. The molecule has 1 unspecified atom stereocenters. The zero-order valence-corrected chi connectivity index (χ0v) is 15.8. The zero-order valence-electron chi connectivity index (χ0n) is 15.8. The fourth-order valence-corrected chi connectivity index (χ4v) is 3.51. The number of rotatable bonds is 7. The maximum absolute atomic E-state index is 13.1. The summed E-state index contributed by atoms with van der Waals surface area (Å²) in [5.74, 6) is 2.97. The molecule has 7 heteroatoms. The van der Waals surface area contributed by atoms with Crippen LogP contribution in [-0.4, -0.2) is 40.7 Å². The second-order valence-electron chi connectivity index (χ2n) is 6.95. The van der Waals surface area contributed by atoms with Crippen molar-refractivity contribution in [2.45, 2.75) is 51.5 Å². The minimum atomic E-state index is -0.153. The van der Waals surface area contributed by atoms with Crippen molar-refractivity contribution in [3.05, 3.63) is 35.5 Å². The highest BCUT2D eigenvalue weighted by atomic mass is 16.5. The normalized spacial score (nSPS) is 19.3. The van der Waals surface area contributed by atoms with E-state index in [0.717, 1.165) is 31.5 Å². The summed E-state index contributed by atoms with van der Waals surface area (Å²) < 4.78 is 16.7. The molecule has 2 heterocycles. The minimum absolute atomic E-state index is 0.0485. The molecule has 1 saturated heterocycles. The highest BCUT2D eigenvalue weighted by Crippen LogP contribution is 2.40. The largest absolute Gasteiger partial charge is 0.490 e. The minimum Gasteiger partial charge on any atom is -0.490 e. The lowest BCUT2D eigenvalue weighted by molar-refractivity contribution is 0.0709. The molecule has 0 spiro atoms. The Kier molecular flexibility index (Phi) is 5.01. The molecule has 1 atom stereocenters. The van der Waals surface area contributed by atoms with Crippen molar-refractivity contribution < 1.29 is 18.8 Å². The van der Waals surface area contributed by atoms with E-state index in [0.29, 0.717) is 48.6 Å². The molecule has 2 aliphatic rings. The lowest BCUT2D eigenvalue weighted by atomic mass is 10.1. The van der Waals surface area contributed by atoms with Gasteiger partial charge in [-0.05, 0) is 57.7 Å². The van der Waals surface area contributed by atoms with E-state index in [1.54, 1.807) is 18.2 Å². The van der Waals surface area contributed by atoms with E-state index in [9.17, 15) is 4.79 Å². The third-order valence-electron chi connectivity index (χ3n) is 4.99. The van der Waals surface area contributed by atoms with Crippen molar-refractivity contribution in [3.8, 4) is 11.5 Å². The van der Waals surface area contributed by atoms with Gasteiger partial charge in [0, 0.05) is 18.0 Å². The Bertz CT molecular complexity index is 815. The quantitative estimate of drug-likeness (QED) is 0.738. The zero-order chi connectivity index (χ0) is 18.8. The molecule has 7 nitrogen and oxygen atoms in total. The molecule has 1 aromatic carbocycles. The molecule has 4 rings (SSSR count). The van der Waals surface area contributed by atoms with Gasteiger partial charge >= 0.3 is 0 Å². The van der Waals surface area contributed by atoms with E-state index in [2.05, 4.69) is 10.1 Å². The van der Waals surface area contributed by atoms with Crippen molar-refractivity contribution in [1.29, 1.82) is 0 Å². The van der Waals surface area contributed by atoms with Crippen LogP contribution >= 0.6 is 0 Å². The van der Waals surface area contributed by atoms with Gasteiger partial charge in [0.25, 0.3) is 5.91 Å². The van der Waals surface area contributed by atoms with Gasteiger partial charge < -0.3 is 18.9 Å². The summed E-state index contributed by atoms with van der Waals surface area (Å²) >= 11 is 0. The highest BCUT2D eigenvalue weighted by molar-refractivity contribution is 5.95. The van der Waals surface area contributed by atoms with Crippen LogP contribution in [0.5, 0.6) is 11.5 Å². The first-order chi connectivity index (χ1) is 13.2. The maximum atomic E-state index is 13.1. The van der Waals surface area contributed by atoms with Crippen LogP contribution in [0.2, 0.25) is 0 Å². The summed E-state index contributed by atoms with van der Waals surface area (Å²) in [5.41, 5.74) is 0.579. The number of carbonyl (C=O) groups is 1. The summed E-state index contributed by atoms with van der Waals surface area (Å²) in [7, 11) is 0. The number of benzene rings is 1. The van der Waals surface area contributed by atoms with Gasteiger partial charge in [0.15, 0.2) is 17.3 Å². The number of ether oxygens (including phenoxy) is 2. The van der Waals surface area contributed by atoms with Crippen LogP contribution in [0.1, 0.15) is 73.6 Å². The number of likely N-dealkylation sites (tertiary alicyclic amines) is 1. The molecule has 144 valence electrons. The lowest BCUT2D eigenvalue weighted by Crippen LogP contribution is -2.30. The molecule has 1 saturated carbocycles. The van der Waals surface area contributed by atoms with Crippen molar-refractivity contribution >= 4 is 5.91 Å². The Morgan fingerprint density at radius 3 is 2.70 bits per heavy atom. The van der Waals surface area contributed by atoms with Gasteiger partial charge in [-0.25, -0.2) is 0 Å². The molecule has 0 bridgehead atoms. The Morgan fingerprint density at radius 1 is 1.19 bits per heavy atom. The van der Waals surface area contributed by atoms with E-state index in [-0.39, 0.29) is 11.9 Å². The molecule has 1 aromatic heterocycles. The highest BCUT2D eigenvalue weighted by Gasteiger charge is 2.36. The van der Waals surface area contributed by atoms with Crippen LogP contribution < -0.4 is 9.47 Å².